The van der Waals surface area contributed by atoms with E-state index in [1.165, 1.54) is 12.4 Å². The Kier molecular flexibility index (Phi) is 4.37. The van der Waals surface area contributed by atoms with E-state index in [1.54, 1.807) is 20.1 Å². The number of para-hydroxylation sites is 2. The van der Waals surface area contributed by atoms with E-state index in [2.05, 4.69) is 25.8 Å². The third-order valence-corrected chi connectivity index (χ3v) is 3.12. The summed E-state index contributed by atoms with van der Waals surface area (Å²) >= 11 is 0. The van der Waals surface area contributed by atoms with Gasteiger partial charge in [-0.1, -0.05) is 17.3 Å². The number of hydrogen-bond donors (Lipinski definition) is 2. The van der Waals surface area contributed by atoms with Crippen LogP contribution in [0.5, 0.6) is 5.75 Å². The minimum absolute atomic E-state index is 0.168. The van der Waals surface area contributed by atoms with Gasteiger partial charge in [0.25, 0.3) is 5.91 Å². The Morgan fingerprint density at radius 1 is 1.17 bits per heavy atom. The summed E-state index contributed by atoms with van der Waals surface area (Å²) < 4.78 is 10.1. The van der Waals surface area contributed by atoms with E-state index >= 15 is 0 Å². The van der Waals surface area contributed by atoms with Crippen molar-refractivity contribution in [3.8, 4) is 5.75 Å². The normalized spacial score (nSPS) is 10.2. The average Bonchev–Trinajstić information content (AvgIpc) is 3.01. The molecule has 0 radical (unpaired) electrons. The smallest absolute Gasteiger partial charge is 0.277 e. The molecule has 2 aromatic heterocycles. The van der Waals surface area contributed by atoms with Crippen LogP contribution in [0.2, 0.25) is 0 Å². The molecule has 0 atom stereocenters. The van der Waals surface area contributed by atoms with Gasteiger partial charge in [-0.15, -0.1) is 0 Å². The fraction of sp³-hybridized carbons (Fsp3) is 0.125. The van der Waals surface area contributed by atoms with Gasteiger partial charge in [-0.05, 0) is 19.1 Å². The molecule has 0 unspecified atom stereocenters. The number of ether oxygens (including phenoxy) is 1. The summed E-state index contributed by atoms with van der Waals surface area (Å²) in [4.78, 5) is 20.3. The molecule has 3 aromatic rings. The molecule has 0 aliphatic rings. The zero-order valence-electron chi connectivity index (χ0n) is 13.1. The number of anilines is 3. The first-order valence-electron chi connectivity index (χ1n) is 7.12. The Morgan fingerprint density at radius 3 is 2.67 bits per heavy atom. The maximum absolute atomic E-state index is 12.1. The lowest BCUT2D eigenvalue weighted by atomic mass is 10.3. The van der Waals surface area contributed by atoms with Gasteiger partial charge >= 0.3 is 0 Å². The number of nitrogens with zero attached hydrogens (tertiary/aromatic N) is 3. The molecule has 0 saturated heterocycles. The van der Waals surface area contributed by atoms with Crippen molar-refractivity contribution in [2.75, 3.05) is 17.7 Å². The van der Waals surface area contributed by atoms with Gasteiger partial charge in [0, 0.05) is 6.07 Å². The number of aromatic nitrogens is 3. The molecule has 24 heavy (non-hydrogen) atoms. The molecule has 0 aliphatic carbocycles. The second-order valence-corrected chi connectivity index (χ2v) is 4.89. The molecule has 1 aromatic carbocycles. The molecule has 8 nitrogen and oxygen atoms in total. The van der Waals surface area contributed by atoms with Gasteiger partial charge in [0.2, 0.25) is 0 Å². The van der Waals surface area contributed by atoms with E-state index in [-0.39, 0.29) is 5.69 Å². The number of rotatable bonds is 5. The quantitative estimate of drug-likeness (QED) is 0.743. The van der Waals surface area contributed by atoms with Gasteiger partial charge in [-0.25, -0.2) is 9.97 Å². The number of carbonyl (C=O) groups excluding carboxylic acids is 1. The fourth-order valence-electron chi connectivity index (χ4n) is 2.00. The van der Waals surface area contributed by atoms with Crippen molar-refractivity contribution in [2.45, 2.75) is 6.92 Å². The zero-order chi connectivity index (χ0) is 16.9. The second kappa shape index (κ2) is 6.78. The first-order valence-corrected chi connectivity index (χ1v) is 7.12. The summed E-state index contributed by atoms with van der Waals surface area (Å²) in [6.07, 6.45) is 2.84. The van der Waals surface area contributed by atoms with Gasteiger partial charge < -0.3 is 19.9 Å². The summed E-state index contributed by atoms with van der Waals surface area (Å²) in [7, 11) is 1.59. The second-order valence-electron chi connectivity index (χ2n) is 4.89. The molecule has 1 amide bonds. The van der Waals surface area contributed by atoms with Gasteiger partial charge in [-0.3, -0.25) is 4.79 Å². The molecular formula is C16H15N5O3. The van der Waals surface area contributed by atoms with Crippen LogP contribution in [0, 0.1) is 6.92 Å². The Labute approximate surface area is 137 Å². The third-order valence-electron chi connectivity index (χ3n) is 3.12. The summed E-state index contributed by atoms with van der Waals surface area (Å²) in [6.45, 7) is 1.74. The molecule has 0 bridgehead atoms. The highest BCUT2D eigenvalue weighted by Gasteiger charge is 2.11. The number of nitrogens with one attached hydrogen (secondary N) is 2. The van der Waals surface area contributed by atoms with E-state index in [1.807, 2.05) is 24.3 Å². The first-order chi connectivity index (χ1) is 11.7. The van der Waals surface area contributed by atoms with Crippen molar-refractivity contribution in [1.29, 1.82) is 0 Å². The zero-order valence-corrected chi connectivity index (χ0v) is 13.1. The van der Waals surface area contributed by atoms with E-state index in [9.17, 15) is 4.79 Å². The molecule has 2 N–H and O–H groups in total. The summed E-state index contributed by atoms with van der Waals surface area (Å²) in [5.41, 5.74) is 0.922. The molecule has 0 spiro atoms. The summed E-state index contributed by atoms with van der Waals surface area (Å²) in [5, 5.41) is 9.36. The fourth-order valence-corrected chi connectivity index (χ4v) is 2.00. The van der Waals surface area contributed by atoms with Crippen LogP contribution in [-0.4, -0.2) is 28.1 Å². The van der Waals surface area contributed by atoms with Crippen LogP contribution in [0.1, 0.15) is 16.2 Å². The monoisotopic (exact) mass is 325 g/mol. The van der Waals surface area contributed by atoms with E-state index < -0.39 is 5.91 Å². The Bertz CT molecular complexity index is 845. The van der Waals surface area contributed by atoms with Crippen molar-refractivity contribution >= 4 is 23.2 Å². The van der Waals surface area contributed by atoms with Gasteiger partial charge in [0.05, 0.1) is 25.2 Å². The lowest BCUT2D eigenvalue weighted by Crippen LogP contribution is -2.14. The molecule has 122 valence electrons. The Balaban J connectivity index is 1.70. The molecule has 0 saturated carbocycles. The summed E-state index contributed by atoms with van der Waals surface area (Å²) in [6, 6.07) is 9.04. The molecule has 0 fully saturated rings. The van der Waals surface area contributed by atoms with Gasteiger partial charge in [0.1, 0.15) is 23.0 Å². The van der Waals surface area contributed by atoms with Crippen LogP contribution in [0.25, 0.3) is 0 Å². The van der Waals surface area contributed by atoms with Crippen LogP contribution in [-0.2, 0) is 0 Å². The van der Waals surface area contributed by atoms with Crippen molar-refractivity contribution in [3.05, 3.63) is 54.2 Å². The molecule has 2 heterocycles. The number of methoxy groups -OCH3 is 1. The van der Waals surface area contributed by atoms with Crippen LogP contribution in [0.4, 0.5) is 17.3 Å². The third kappa shape index (κ3) is 3.49. The van der Waals surface area contributed by atoms with E-state index in [0.29, 0.717) is 23.1 Å². The Morgan fingerprint density at radius 2 is 2.00 bits per heavy atom. The van der Waals surface area contributed by atoms with Crippen LogP contribution in [0.3, 0.4) is 0 Å². The van der Waals surface area contributed by atoms with Crippen LogP contribution >= 0.6 is 0 Å². The highest BCUT2D eigenvalue weighted by Crippen LogP contribution is 2.25. The predicted molar refractivity (Wildman–Crippen MR) is 87.5 cm³/mol. The number of carbonyl (C=O) groups is 1. The van der Waals surface area contributed by atoms with Crippen molar-refractivity contribution < 1.29 is 14.1 Å². The SMILES string of the molecule is COc1ccccc1Nc1cnc(C(=O)Nc2cc(C)on2)cn1. The minimum atomic E-state index is -0.417. The van der Waals surface area contributed by atoms with Crippen molar-refractivity contribution in [2.24, 2.45) is 0 Å². The van der Waals surface area contributed by atoms with Crippen molar-refractivity contribution in [3.63, 3.8) is 0 Å². The molecule has 3 rings (SSSR count). The molecular weight excluding hydrogens is 310 g/mol. The average molecular weight is 325 g/mol. The van der Waals surface area contributed by atoms with Gasteiger partial charge in [-0.2, -0.15) is 0 Å². The number of hydrogen-bond acceptors (Lipinski definition) is 7. The highest BCUT2D eigenvalue weighted by atomic mass is 16.5. The van der Waals surface area contributed by atoms with Crippen LogP contribution in [0.15, 0.2) is 47.2 Å². The van der Waals surface area contributed by atoms with Crippen LogP contribution < -0.4 is 15.4 Å². The van der Waals surface area contributed by atoms with E-state index in [4.69, 9.17) is 9.26 Å². The summed E-state index contributed by atoms with van der Waals surface area (Å²) in [5.74, 6) is 1.69. The number of benzene rings is 1. The van der Waals surface area contributed by atoms with E-state index in [0.717, 1.165) is 5.69 Å². The minimum Gasteiger partial charge on any atom is -0.495 e. The maximum atomic E-state index is 12.1. The predicted octanol–water partition coefficient (Wildman–Crippen LogP) is 2.78. The van der Waals surface area contributed by atoms with Gasteiger partial charge in [0.15, 0.2) is 5.82 Å². The number of amides is 1. The molecule has 8 heteroatoms. The lowest BCUT2D eigenvalue weighted by Gasteiger charge is -2.10. The topological polar surface area (TPSA) is 102 Å². The largest absolute Gasteiger partial charge is 0.495 e. The maximum Gasteiger partial charge on any atom is 0.277 e. The lowest BCUT2D eigenvalue weighted by molar-refractivity contribution is 0.102. The standard InChI is InChI=1S/C16H15N5O3/c1-10-7-14(21-24-10)20-16(22)12-8-18-15(9-17-12)19-11-5-3-4-6-13(11)23-2/h3-9H,1-2H3,(H,18,19)(H,20,21,22). The Hall–Kier alpha value is -3.42. The first kappa shape index (κ1) is 15.5. The molecule has 0 aliphatic heterocycles. The van der Waals surface area contributed by atoms with Crippen molar-refractivity contribution in [1.82, 2.24) is 15.1 Å². The number of aryl methyl sites for hydroxylation is 1. The highest BCUT2D eigenvalue weighted by molar-refractivity contribution is 6.02.